The van der Waals surface area contributed by atoms with E-state index in [9.17, 15) is 4.79 Å². The van der Waals surface area contributed by atoms with Crippen molar-refractivity contribution in [1.82, 2.24) is 20.4 Å². The first-order valence-electron chi connectivity index (χ1n) is 6.46. The highest BCUT2D eigenvalue weighted by molar-refractivity contribution is 5.80. The smallest absolute Gasteiger partial charge is 0.241 e. The molecule has 1 amide bonds. The van der Waals surface area contributed by atoms with E-state index in [0.29, 0.717) is 12.3 Å². The number of aromatic nitrogens is 3. The summed E-state index contributed by atoms with van der Waals surface area (Å²) < 4.78 is 6.76. The Hall–Kier alpha value is -2.96. The number of para-hydroxylation sites is 1. The normalized spacial score (nSPS) is 11.2. The maximum atomic E-state index is 11.7. The highest BCUT2D eigenvalue weighted by Gasteiger charge is 2.05. The number of benzene rings is 1. The molecular weight excluding hydrogens is 270 g/mol. The fourth-order valence-corrected chi connectivity index (χ4v) is 1.88. The minimum atomic E-state index is -0.197. The molecule has 0 aliphatic heterocycles. The van der Waals surface area contributed by atoms with Gasteiger partial charge < -0.3 is 4.42 Å². The number of hydrogen-bond acceptors (Lipinski definition) is 5. The van der Waals surface area contributed by atoms with E-state index in [1.54, 1.807) is 23.1 Å². The summed E-state index contributed by atoms with van der Waals surface area (Å²) in [7, 11) is 0. The minimum Gasteiger partial charge on any atom is -0.463 e. The van der Waals surface area contributed by atoms with E-state index in [0.717, 1.165) is 11.0 Å². The topological polar surface area (TPSA) is 85.3 Å². The van der Waals surface area contributed by atoms with Crippen molar-refractivity contribution in [2.24, 2.45) is 5.10 Å². The fraction of sp³-hybridized carbons (Fsp3) is 0.143. The van der Waals surface area contributed by atoms with Crippen LogP contribution in [0.1, 0.15) is 12.2 Å². The average molecular weight is 283 g/mol. The maximum Gasteiger partial charge on any atom is 0.241 e. The largest absolute Gasteiger partial charge is 0.463 e. The molecule has 7 heteroatoms. The number of hydrazone groups is 1. The van der Waals surface area contributed by atoms with E-state index in [4.69, 9.17) is 4.42 Å². The average Bonchev–Trinajstić information content (AvgIpc) is 3.14. The molecule has 0 saturated carbocycles. The summed E-state index contributed by atoms with van der Waals surface area (Å²) in [5, 5.41) is 11.9. The molecule has 0 spiro atoms. The zero-order valence-electron chi connectivity index (χ0n) is 11.1. The Balaban J connectivity index is 1.54. The molecule has 3 rings (SSSR count). The van der Waals surface area contributed by atoms with Crippen LogP contribution in [0.5, 0.6) is 0 Å². The van der Waals surface area contributed by atoms with Crippen molar-refractivity contribution >= 4 is 23.2 Å². The Morgan fingerprint density at radius 2 is 2.24 bits per heavy atom. The molecule has 0 bridgehead atoms. The van der Waals surface area contributed by atoms with Gasteiger partial charge in [0.15, 0.2) is 0 Å². The van der Waals surface area contributed by atoms with Gasteiger partial charge in [0, 0.05) is 6.42 Å². The number of aryl methyl sites for hydroxylation is 1. The van der Waals surface area contributed by atoms with Crippen LogP contribution in [0.3, 0.4) is 0 Å². The third-order valence-corrected chi connectivity index (χ3v) is 2.90. The Morgan fingerprint density at radius 1 is 1.33 bits per heavy atom. The standard InChI is InChI=1S/C14H13N5O2/c20-14(17-15-10-11-4-3-9-21-11)7-8-19-13-6-2-1-5-12(13)16-18-19/h1-6,9-10H,7-8H2,(H,17,20)/b15-10+. The van der Waals surface area contributed by atoms with Crippen LogP contribution >= 0.6 is 0 Å². The van der Waals surface area contributed by atoms with Gasteiger partial charge in [0.1, 0.15) is 11.3 Å². The van der Waals surface area contributed by atoms with Crippen molar-refractivity contribution in [3.05, 3.63) is 48.4 Å². The van der Waals surface area contributed by atoms with Crippen LogP contribution in [-0.2, 0) is 11.3 Å². The van der Waals surface area contributed by atoms with Crippen LogP contribution in [-0.4, -0.2) is 27.1 Å². The lowest BCUT2D eigenvalue weighted by Crippen LogP contribution is -2.19. The summed E-state index contributed by atoms with van der Waals surface area (Å²) in [6.45, 7) is 0.447. The Kier molecular flexibility index (Phi) is 3.72. The summed E-state index contributed by atoms with van der Waals surface area (Å²) in [4.78, 5) is 11.7. The second-order valence-electron chi connectivity index (χ2n) is 4.36. The van der Waals surface area contributed by atoms with Gasteiger partial charge in [0.2, 0.25) is 5.91 Å². The van der Waals surface area contributed by atoms with Crippen molar-refractivity contribution in [1.29, 1.82) is 0 Å². The van der Waals surface area contributed by atoms with Gasteiger partial charge >= 0.3 is 0 Å². The number of fused-ring (bicyclic) bond motifs is 1. The minimum absolute atomic E-state index is 0.197. The van der Waals surface area contributed by atoms with E-state index in [-0.39, 0.29) is 12.3 Å². The second kappa shape index (κ2) is 6.00. The predicted molar refractivity (Wildman–Crippen MR) is 76.6 cm³/mol. The van der Waals surface area contributed by atoms with Crippen molar-refractivity contribution in [3.8, 4) is 0 Å². The molecule has 2 aromatic heterocycles. The number of amides is 1. The Morgan fingerprint density at radius 3 is 3.10 bits per heavy atom. The number of carbonyl (C=O) groups is 1. The van der Waals surface area contributed by atoms with E-state index < -0.39 is 0 Å². The molecule has 1 N–H and O–H groups in total. The maximum absolute atomic E-state index is 11.7. The molecule has 0 atom stereocenters. The fourth-order valence-electron chi connectivity index (χ4n) is 1.88. The SMILES string of the molecule is O=C(CCn1nnc2ccccc21)N/N=C/c1ccco1. The van der Waals surface area contributed by atoms with Gasteiger partial charge in [0.05, 0.1) is 24.5 Å². The first-order chi connectivity index (χ1) is 10.3. The van der Waals surface area contributed by atoms with E-state index >= 15 is 0 Å². The molecule has 0 radical (unpaired) electrons. The lowest BCUT2D eigenvalue weighted by molar-refractivity contribution is -0.121. The van der Waals surface area contributed by atoms with Crippen molar-refractivity contribution < 1.29 is 9.21 Å². The second-order valence-corrected chi connectivity index (χ2v) is 4.36. The highest BCUT2D eigenvalue weighted by atomic mass is 16.3. The van der Waals surface area contributed by atoms with Gasteiger partial charge in [-0.2, -0.15) is 5.10 Å². The molecule has 106 valence electrons. The first kappa shape index (κ1) is 13.0. The van der Waals surface area contributed by atoms with Crippen LogP contribution in [0.15, 0.2) is 52.2 Å². The lowest BCUT2D eigenvalue weighted by Gasteiger charge is -2.01. The lowest BCUT2D eigenvalue weighted by atomic mass is 10.3. The molecule has 21 heavy (non-hydrogen) atoms. The van der Waals surface area contributed by atoms with Gasteiger partial charge in [0.25, 0.3) is 0 Å². The molecule has 0 fully saturated rings. The highest BCUT2D eigenvalue weighted by Crippen LogP contribution is 2.09. The van der Waals surface area contributed by atoms with Crippen molar-refractivity contribution in [2.45, 2.75) is 13.0 Å². The molecule has 1 aromatic carbocycles. The first-order valence-corrected chi connectivity index (χ1v) is 6.46. The van der Waals surface area contributed by atoms with Gasteiger partial charge in [-0.05, 0) is 24.3 Å². The molecule has 0 aliphatic rings. The molecule has 0 unspecified atom stereocenters. The number of nitrogens with zero attached hydrogens (tertiary/aromatic N) is 4. The predicted octanol–water partition coefficient (Wildman–Crippen LogP) is 1.56. The van der Waals surface area contributed by atoms with Crippen LogP contribution < -0.4 is 5.43 Å². The summed E-state index contributed by atoms with van der Waals surface area (Å²) in [5.74, 6) is 0.384. The zero-order chi connectivity index (χ0) is 14.5. The molecule has 3 aromatic rings. The Bertz CT molecular complexity index is 761. The van der Waals surface area contributed by atoms with Gasteiger partial charge in [-0.15, -0.1) is 5.10 Å². The van der Waals surface area contributed by atoms with Gasteiger partial charge in [-0.1, -0.05) is 17.3 Å². The Labute approximate surface area is 120 Å². The molecule has 7 nitrogen and oxygen atoms in total. The van der Waals surface area contributed by atoms with Crippen LogP contribution in [0.25, 0.3) is 11.0 Å². The summed E-state index contributed by atoms with van der Waals surface area (Å²) in [5.41, 5.74) is 4.16. The summed E-state index contributed by atoms with van der Waals surface area (Å²) in [6.07, 6.45) is 3.25. The van der Waals surface area contributed by atoms with Gasteiger partial charge in [-0.3, -0.25) is 4.79 Å². The molecule has 0 saturated heterocycles. The van der Waals surface area contributed by atoms with E-state index in [1.807, 2.05) is 24.3 Å². The third-order valence-electron chi connectivity index (χ3n) is 2.90. The molecule has 2 heterocycles. The van der Waals surface area contributed by atoms with Crippen molar-refractivity contribution in [3.63, 3.8) is 0 Å². The van der Waals surface area contributed by atoms with E-state index in [1.165, 1.54) is 6.21 Å². The summed E-state index contributed by atoms with van der Waals surface area (Å²) >= 11 is 0. The number of rotatable bonds is 5. The summed E-state index contributed by atoms with van der Waals surface area (Å²) in [6, 6.07) is 11.1. The van der Waals surface area contributed by atoms with E-state index in [2.05, 4.69) is 20.8 Å². The third kappa shape index (κ3) is 3.14. The van der Waals surface area contributed by atoms with Crippen LogP contribution in [0.4, 0.5) is 0 Å². The molecule has 0 aliphatic carbocycles. The number of nitrogens with one attached hydrogen (secondary N) is 1. The number of hydrogen-bond donors (Lipinski definition) is 1. The number of carbonyl (C=O) groups excluding carboxylic acids is 1. The quantitative estimate of drug-likeness (QED) is 0.569. The van der Waals surface area contributed by atoms with Gasteiger partial charge in [-0.25, -0.2) is 10.1 Å². The van der Waals surface area contributed by atoms with Crippen molar-refractivity contribution in [2.75, 3.05) is 0 Å². The van der Waals surface area contributed by atoms with Crippen LogP contribution in [0.2, 0.25) is 0 Å². The monoisotopic (exact) mass is 283 g/mol. The zero-order valence-corrected chi connectivity index (χ0v) is 11.1. The number of furan rings is 1. The van der Waals surface area contributed by atoms with Crippen LogP contribution in [0, 0.1) is 0 Å². The molecular formula is C14H13N5O2.